The predicted octanol–water partition coefficient (Wildman–Crippen LogP) is 6.61. The van der Waals surface area contributed by atoms with Crippen LogP contribution in [0.25, 0.3) is 27.8 Å². The van der Waals surface area contributed by atoms with Crippen LogP contribution in [-0.2, 0) is 0 Å². The van der Waals surface area contributed by atoms with Crippen molar-refractivity contribution in [2.24, 2.45) is 0 Å². The summed E-state index contributed by atoms with van der Waals surface area (Å²) < 4.78 is 1.69. The third-order valence-electron chi connectivity index (χ3n) is 5.56. The zero-order chi connectivity index (χ0) is 22.9. The van der Waals surface area contributed by atoms with Crippen LogP contribution in [0.4, 0.5) is 5.69 Å². The van der Waals surface area contributed by atoms with Crippen LogP contribution in [-0.4, -0.2) is 20.7 Å². The van der Waals surface area contributed by atoms with Crippen LogP contribution in [0.15, 0.2) is 84.9 Å². The number of aryl methyl sites for hydroxylation is 1. The number of nitrogens with one attached hydrogen (secondary N) is 1. The molecule has 5 aromatic rings. The number of amides is 1. The van der Waals surface area contributed by atoms with Gasteiger partial charge in [-0.3, -0.25) is 4.79 Å². The molecule has 0 fully saturated rings. The topological polar surface area (TPSA) is 59.8 Å². The SMILES string of the molecule is Cc1cccc(-c2nc(C(=O)Nc3ccc4ccccc4c3)nn2-c2cccc(Cl)c2C)c1. The van der Waals surface area contributed by atoms with E-state index in [1.807, 2.05) is 98.8 Å². The zero-order valence-electron chi connectivity index (χ0n) is 18.2. The van der Waals surface area contributed by atoms with E-state index in [2.05, 4.69) is 15.4 Å². The lowest BCUT2D eigenvalue weighted by atomic mass is 10.1. The quantitative estimate of drug-likeness (QED) is 0.333. The third kappa shape index (κ3) is 4.11. The van der Waals surface area contributed by atoms with Gasteiger partial charge in [-0.2, -0.15) is 0 Å². The Labute approximate surface area is 196 Å². The van der Waals surface area contributed by atoms with E-state index >= 15 is 0 Å². The Bertz CT molecular complexity index is 1510. The fourth-order valence-corrected chi connectivity index (χ4v) is 4.00. The molecular weight excluding hydrogens is 432 g/mol. The molecule has 0 radical (unpaired) electrons. The first-order valence-electron chi connectivity index (χ1n) is 10.6. The maximum atomic E-state index is 13.1. The third-order valence-corrected chi connectivity index (χ3v) is 5.97. The molecule has 0 aliphatic rings. The number of benzene rings is 4. The molecule has 0 saturated heterocycles. The minimum absolute atomic E-state index is 0.0824. The second kappa shape index (κ2) is 8.52. The maximum absolute atomic E-state index is 13.1. The molecule has 1 aromatic heterocycles. The molecule has 0 saturated carbocycles. The minimum atomic E-state index is -0.377. The van der Waals surface area contributed by atoms with Crippen LogP contribution in [0.1, 0.15) is 21.7 Å². The highest BCUT2D eigenvalue weighted by atomic mass is 35.5. The number of nitrogens with zero attached hydrogens (tertiary/aromatic N) is 3. The van der Waals surface area contributed by atoms with Crippen LogP contribution in [0.2, 0.25) is 5.02 Å². The molecule has 5 nitrogen and oxygen atoms in total. The van der Waals surface area contributed by atoms with Crippen LogP contribution < -0.4 is 5.32 Å². The summed E-state index contributed by atoms with van der Waals surface area (Å²) in [5, 5.41) is 10.3. The van der Waals surface area contributed by atoms with E-state index in [4.69, 9.17) is 11.6 Å². The molecule has 4 aromatic carbocycles. The molecule has 5 rings (SSSR count). The second-order valence-corrected chi connectivity index (χ2v) is 8.35. The van der Waals surface area contributed by atoms with Crippen LogP contribution in [0.5, 0.6) is 0 Å². The Hall–Kier alpha value is -3.96. The number of anilines is 1. The molecule has 6 heteroatoms. The molecule has 0 aliphatic heterocycles. The maximum Gasteiger partial charge on any atom is 0.295 e. The van der Waals surface area contributed by atoms with Crippen molar-refractivity contribution in [2.75, 3.05) is 5.32 Å². The van der Waals surface area contributed by atoms with Crippen molar-refractivity contribution in [1.29, 1.82) is 0 Å². The van der Waals surface area contributed by atoms with Crippen molar-refractivity contribution in [3.8, 4) is 17.1 Å². The number of hydrogen-bond acceptors (Lipinski definition) is 3. The minimum Gasteiger partial charge on any atom is -0.319 e. The highest BCUT2D eigenvalue weighted by Gasteiger charge is 2.20. The molecule has 162 valence electrons. The summed E-state index contributed by atoms with van der Waals surface area (Å²) in [6.07, 6.45) is 0. The summed E-state index contributed by atoms with van der Waals surface area (Å²) in [5.74, 6) is 0.282. The molecule has 1 heterocycles. The van der Waals surface area contributed by atoms with Gasteiger partial charge in [0, 0.05) is 16.3 Å². The van der Waals surface area contributed by atoms with Crippen molar-refractivity contribution in [1.82, 2.24) is 14.8 Å². The second-order valence-electron chi connectivity index (χ2n) is 7.94. The van der Waals surface area contributed by atoms with Crippen molar-refractivity contribution in [3.63, 3.8) is 0 Å². The number of carbonyl (C=O) groups is 1. The molecular formula is C27H21ClN4O. The van der Waals surface area contributed by atoms with Gasteiger partial charge in [0.05, 0.1) is 5.69 Å². The first kappa shape index (κ1) is 20.9. The fraction of sp³-hybridized carbons (Fsp3) is 0.0741. The number of rotatable bonds is 4. The predicted molar refractivity (Wildman–Crippen MR) is 133 cm³/mol. The molecule has 0 aliphatic carbocycles. The van der Waals surface area contributed by atoms with Gasteiger partial charge in [0.2, 0.25) is 5.82 Å². The van der Waals surface area contributed by atoms with Crippen molar-refractivity contribution in [3.05, 3.63) is 107 Å². The molecule has 0 unspecified atom stereocenters. The number of halogens is 1. The van der Waals surface area contributed by atoms with Gasteiger partial charge in [-0.15, -0.1) is 5.10 Å². The van der Waals surface area contributed by atoms with E-state index in [9.17, 15) is 4.79 Å². The Balaban J connectivity index is 1.57. The lowest BCUT2D eigenvalue weighted by Crippen LogP contribution is -2.14. The Kier molecular flexibility index (Phi) is 5.40. The van der Waals surface area contributed by atoms with Crippen molar-refractivity contribution < 1.29 is 4.79 Å². The van der Waals surface area contributed by atoms with E-state index in [1.54, 1.807) is 4.68 Å². The van der Waals surface area contributed by atoms with Gasteiger partial charge in [0.25, 0.3) is 5.91 Å². The Morgan fingerprint density at radius 2 is 1.67 bits per heavy atom. The summed E-state index contributed by atoms with van der Waals surface area (Å²) >= 11 is 6.37. The van der Waals surface area contributed by atoms with E-state index in [1.165, 1.54) is 0 Å². The number of hydrogen-bond donors (Lipinski definition) is 1. The smallest absolute Gasteiger partial charge is 0.295 e. The van der Waals surface area contributed by atoms with Gasteiger partial charge in [-0.05, 0) is 60.5 Å². The summed E-state index contributed by atoms with van der Waals surface area (Å²) in [4.78, 5) is 17.7. The zero-order valence-corrected chi connectivity index (χ0v) is 19.0. The summed E-state index contributed by atoms with van der Waals surface area (Å²) in [5.41, 5.74) is 4.28. The van der Waals surface area contributed by atoms with Gasteiger partial charge in [0.15, 0.2) is 5.82 Å². The Morgan fingerprint density at radius 1 is 0.879 bits per heavy atom. The molecule has 1 amide bonds. The molecule has 0 bridgehead atoms. The van der Waals surface area contributed by atoms with Gasteiger partial charge in [-0.25, -0.2) is 9.67 Å². The Morgan fingerprint density at radius 3 is 2.48 bits per heavy atom. The van der Waals surface area contributed by atoms with E-state index < -0.39 is 0 Å². The van der Waals surface area contributed by atoms with Crippen molar-refractivity contribution in [2.45, 2.75) is 13.8 Å². The molecule has 0 atom stereocenters. The standard InChI is InChI=1S/C27H21ClN4O/c1-17-7-5-10-21(15-17)26-30-25(31-32(26)24-12-6-11-23(28)18(24)2)27(33)29-22-14-13-19-8-3-4-9-20(19)16-22/h3-16H,1-2H3,(H,29,33). The van der Waals surface area contributed by atoms with Crippen LogP contribution in [0.3, 0.4) is 0 Å². The molecule has 1 N–H and O–H groups in total. The van der Waals surface area contributed by atoms with E-state index in [-0.39, 0.29) is 11.7 Å². The molecule has 0 spiro atoms. The van der Waals surface area contributed by atoms with Gasteiger partial charge >= 0.3 is 0 Å². The molecule has 33 heavy (non-hydrogen) atoms. The van der Waals surface area contributed by atoms with E-state index in [0.717, 1.165) is 33.2 Å². The van der Waals surface area contributed by atoms with Gasteiger partial charge < -0.3 is 5.32 Å². The van der Waals surface area contributed by atoms with Crippen LogP contribution >= 0.6 is 11.6 Å². The lowest BCUT2D eigenvalue weighted by molar-refractivity contribution is 0.101. The van der Waals surface area contributed by atoms with E-state index in [0.29, 0.717) is 16.5 Å². The highest BCUT2D eigenvalue weighted by Crippen LogP contribution is 2.27. The average molecular weight is 453 g/mol. The summed E-state index contributed by atoms with van der Waals surface area (Å²) in [6.45, 7) is 3.94. The number of fused-ring (bicyclic) bond motifs is 1. The highest BCUT2D eigenvalue weighted by molar-refractivity contribution is 6.31. The first-order valence-corrected chi connectivity index (χ1v) is 11.0. The largest absolute Gasteiger partial charge is 0.319 e. The number of carbonyl (C=O) groups excluding carboxylic acids is 1. The summed E-state index contributed by atoms with van der Waals surface area (Å²) in [7, 11) is 0. The average Bonchev–Trinajstić information content (AvgIpc) is 3.26. The summed E-state index contributed by atoms with van der Waals surface area (Å²) in [6, 6.07) is 27.4. The first-order chi connectivity index (χ1) is 16.0. The van der Waals surface area contributed by atoms with Crippen LogP contribution in [0, 0.1) is 13.8 Å². The monoisotopic (exact) mass is 452 g/mol. The normalized spacial score (nSPS) is 11.0. The van der Waals surface area contributed by atoms with Crippen molar-refractivity contribution >= 4 is 34.0 Å². The van der Waals surface area contributed by atoms with Gasteiger partial charge in [0.1, 0.15) is 0 Å². The lowest BCUT2D eigenvalue weighted by Gasteiger charge is -2.10. The fourth-order valence-electron chi connectivity index (χ4n) is 3.83. The number of aromatic nitrogens is 3. The van der Waals surface area contributed by atoms with Gasteiger partial charge in [-0.1, -0.05) is 71.8 Å².